The topological polar surface area (TPSA) is 38.7 Å². The van der Waals surface area contributed by atoms with Crippen LogP contribution in [0.4, 0.5) is 0 Å². The molecular formula is C25H32O3Si. The van der Waals surface area contributed by atoms with E-state index in [-0.39, 0.29) is 5.04 Å². The lowest BCUT2D eigenvalue weighted by atomic mass is 10.1. The molecule has 3 rings (SSSR count). The Labute approximate surface area is 175 Å². The van der Waals surface area contributed by atoms with E-state index in [1.54, 1.807) is 0 Å². The number of ether oxygens (including phenoxy) is 1. The summed E-state index contributed by atoms with van der Waals surface area (Å²) in [5.74, 6) is 0.752. The molecule has 3 aromatic carbocycles. The van der Waals surface area contributed by atoms with Crippen LogP contribution in [-0.4, -0.2) is 20.0 Å². The minimum atomic E-state index is -1.89. The number of benzene rings is 3. The van der Waals surface area contributed by atoms with Crippen LogP contribution < -0.4 is 4.74 Å². The second-order valence-corrected chi connectivity index (χ2v) is 13.9. The summed E-state index contributed by atoms with van der Waals surface area (Å²) >= 11 is 0. The highest BCUT2D eigenvalue weighted by Gasteiger charge is 2.37. The molecule has 0 aliphatic rings. The Kier molecular flexibility index (Phi) is 6.47. The molecule has 0 saturated carbocycles. The zero-order valence-corrected chi connectivity index (χ0v) is 19.1. The van der Waals surface area contributed by atoms with Crippen molar-refractivity contribution in [2.24, 2.45) is 0 Å². The van der Waals surface area contributed by atoms with Crippen LogP contribution in [0.15, 0.2) is 66.7 Å². The molecule has 1 unspecified atom stereocenters. The first kappa shape index (κ1) is 21.6. The second-order valence-electron chi connectivity index (χ2n) is 9.13. The van der Waals surface area contributed by atoms with E-state index in [4.69, 9.17) is 9.16 Å². The number of aliphatic hydroxyl groups is 1. The van der Waals surface area contributed by atoms with Crippen molar-refractivity contribution in [3.8, 4) is 5.75 Å². The molecule has 0 saturated heterocycles. The van der Waals surface area contributed by atoms with E-state index in [1.165, 1.54) is 10.8 Å². The summed E-state index contributed by atoms with van der Waals surface area (Å²) in [6.45, 7) is 11.8. The first-order valence-corrected chi connectivity index (χ1v) is 13.1. The summed E-state index contributed by atoms with van der Waals surface area (Å²) < 4.78 is 12.2. The van der Waals surface area contributed by atoms with E-state index in [1.807, 2.05) is 36.4 Å². The maximum atomic E-state index is 10.6. The van der Waals surface area contributed by atoms with Gasteiger partial charge in [-0.25, -0.2) is 0 Å². The Hall–Kier alpha value is -2.14. The highest BCUT2D eigenvalue weighted by atomic mass is 28.4. The molecule has 1 atom stereocenters. The average molecular weight is 409 g/mol. The van der Waals surface area contributed by atoms with Crippen LogP contribution in [0, 0.1) is 0 Å². The fourth-order valence-corrected chi connectivity index (χ4v) is 3.91. The van der Waals surface area contributed by atoms with Gasteiger partial charge in [0.1, 0.15) is 18.5 Å². The number of aliphatic hydroxyl groups excluding tert-OH is 1. The fourth-order valence-electron chi connectivity index (χ4n) is 2.91. The van der Waals surface area contributed by atoms with Crippen molar-refractivity contribution in [2.45, 2.75) is 51.6 Å². The second kappa shape index (κ2) is 8.70. The minimum Gasteiger partial charge on any atom is -0.489 e. The molecule has 0 aromatic heterocycles. The summed E-state index contributed by atoms with van der Waals surface area (Å²) in [7, 11) is -1.89. The largest absolute Gasteiger partial charge is 0.489 e. The minimum absolute atomic E-state index is 0.123. The third-order valence-electron chi connectivity index (χ3n) is 5.87. The summed E-state index contributed by atoms with van der Waals surface area (Å²) in [4.78, 5) is 0. The van der Waals surface area contributed by atoms with E-state index >= 15 is 0 Å². The van der Waals surface area contributed by atoms with Gasteiger partial charge in [0.15, 0.2) is 8.32 Å². The van der Waals surface area contributed by atoms with Crippen LogP contribution >= 0.6 is 0 Å². The van der Waals surface area contributed by atoms with Crippen molar-refractivity contribution in [1.29, 1.82) is 0 Å². The zero-order chi connectivity index (χ0) is 21.1. The number of fused-ring (bicyclic) bond motifs is 1. The highest BCUT2D eigenvalue weighted by Crippen LogP contribution is 2.37. The lowest BCUT2D eigenvalue weighted by molar-refractivity contribution is 0.100. The van der Waals surface area contributed by atoms with Crippen molar-refractivity contribution in [2.75, 3.05) is 6.61 Å². The van der Waals surface area contributed by atoms with Crippen molar-refractivity contribution in [3.63, 3.8) is 0 Å². The average Bonchev–Trinajstić information content (AvgIpc) is 2.69. The van der Waals surface area contributed by atoms with Gasteiger partial charge in [0, 0.05) is 0 Å². The molecule has 29 heavy (non-hydrogen) atoms. The maximum Gasteiger partial charge on any atom is 0.192 e. The predicted molar refractivity (Wildman–Crippen MR) is 123 cm³/mol. The van der Waals surface area contributed by atoms with E-state index < -0.39 is 14.4 Å². The van der Waals surface area contributed by atoms with Crippen molar-refractivity contribution < 1.29 is 14.3 Å². The van der Waals surface area contributed by atoms with Crippen LogP contribution in [-0.2, 0) is 11.0 Å². The molecule has 1 N–H and O–H groups in total. The fraction of sp³-hybridized carbons (Fsp3) is 0.360. The van der Waals surface area contributed by atoms with Crippen LogP contribution in [0.1, 0.15) is 38.0 Å². The van der Waals surface area contributed by atoms with Gasteiger partial charge in [-0.2, -0.15) is 0 Å². The first-order chi connectivity index (χ1) is 13.7. The van der Waals surface area contributed by atoms with Gasteiger partial charge in [0.05, 0.1) is 6.61 Å². The highest BCUT2D eigenvalue weighted by molar-refractivity contribution is 6.74. The van der Waals surface area contributed by atoms with E-state index in [2.05, 4.69) is 64.2 Å². The Morgan fingerprint density at radius 3 is 2.34 bits per heavy atom. The molecule has 3 nitrogen and oxygen atoms in total. The third-order valence-corrected chi connectivity index (χ3v) is 10.4. The normalized spacial score (nSPS) is 13.4. The van der Waals surface area contributed by atoms with E-state index in [0.717, 1.165) is 16.9 Å². The molecule has 0 heterocycles. The van der Waals surface area contributed by atoms with Crippen molar-refractivity contribution in [3.05, 3.63) is 77.9 Å². The number of rotatable bonds is 7. The molecule has 0 aliphatic carbocycles. The monoisotopic (exact) mass is 408 g/mol. The quantitative estimate of drug-likeness (QED) is 0.455. The van der Waals surface area contributed by atoms with Gasteiger partial charge < -0.3 is 14.3 Å². The molecule has 154 valence electrons. The molecule has 0 spiro atoms. The van der Waals surface area contributed by atoms with Crippen molar-refractivity contribution >= 4 is 19.1 Å². The smallest absolute Gasteiger partial charge is 0.192 e. The zero-order valence-electron chi connectivity index (χ0n) is 18.1. The maximum absolute atomic E-state index is 10.6. The molecule has 0 bridgehead atoms. The summed E-state index contributed by atoms with van der Waals surface area (Å²) in [6, 6.07) is 22.3. The van der Waals surface area contributed by atoms with Crippen LogP contribution in [0.3, 0.4) is 0 Å². The van der Waals surface area contributed by atoms with Gasteiger partial charge in [0.2, 0.25) is 0 Å². The molecule has 3 aromatic rings. The van der Waals surface area contributed by atoms with Crippen LogP contribution in [0.5, 0.6) is 5.75 Å². The summed E-state index contributed by atoms with van der Waals surface area (Å²) in [5.41, 5.74) is 1.94. The molecule has 0 fully saturated rings. The van der Waals surface area contributed by atoms with Gasteiger partial charge in [0.25, 0.3) is 0 Å². The third kappa shape index (κ3) is 5.47. The van der Waals surface area contributed by atoms with E-state index in [9.17, 15) is 5.11 Å². The first-order valence-electron chi connectivity index (χ1n) is 10.2. The molecule has 0 aliphatic heterocycles. The lowest BCUT2D eigenvalue weighted by Crippen LogP contribution is -2.41. The van der Waals surface area contributed by atoms with E-state index in [0.29, 0.717) is 13.2 Å². The van der Waals surface area contributed by atoms with Crippen LogP contribution in [0.25, 0.3) is 10.8 Å². The molecule has 0 amide bonds. The molecule has 0 radical (unpaired) electrons. The molecular weight excluding hydrogens is 376 g/mol. The Morgan fingerprint density at radius 2 is 1.62 bits per heavy atom. The summed E-state index contributed by atoms with van der Waals surface area (Å²) in [5, 5.41) is 13.2. The van der Waals surface area contributed by atoms with Gasteiger partial charge in [-0.15, -0.1) is 0 Å². The Balaban J connectivity index is 1.62. The number of hydrogen-bond acceptors (Lipinski definition) is 3. The van der Waals surface area contributed by atoms with Gasteiger partial charge in [-0.1, -0.05) is 69.3 Å². The Morgan fingerprint density at radius 1 is 0.897 bits per heavy atom. The summed E-state index contributed by atoms with van der Waals surface area (Å²) in [6.07, 6.45) is -0.659. The van der Waals surface area contributed by atoms with Gasteiger partial charge >= 0.3 is 0 Å². The molecule has 4 heteroatoms. The van der Waals surface area contributed by atoms with Crippen LogP contribution in [0.2, 0.25) is 18.1 Å². The van der Waals surface area contributed by atoms with Crippen molar-refractivity contribution in [1.82, 2.24) is 0 Å². The Bertz CT molecular complexity index is 959. The standard InChI is InChI=1S/C25H32O3Si/c1-25(2,3)29(4,5)28-18-24(26)22-11-8-12-23(16-22)27-17-19-13-14-20-9-6-7-10-21(20)15-19/h6-16,24,26H,17-18H2,1-5H3. The van der Waals surface area contributed by atoms with Gasteiger partial charge in [-0.05, 0) is 58.2 Å². The predicted octanol–water partition coefficient (Wildman–Crippen LogP) is 6.47. The lowest BCUT2D eigenvalue weighted by Gasteiger charge is -2.36. The number of hydrogen-bond donors (Lipinski definition) is 1. The van der Waals surface area contributed by atoms with Gasteiger partial charge in [-0.3, -0.25) is 0 Å². The SMILES string of the molecule is CC(C)(C)[Si](C)(C)OCC(O)c1cccc(OCc2ccc3ccccc3c2)c1.